The number of carbonyl (C=O) groups is 2. The van der Waals surface area contributed by atoms with Crippen molar-refractivity contribution >= 4 is 11.8 Å². The van der Waals surface area contributed by atoms with Crippen LogP contribution in [0.25, 0.3) is 0 Å². The third-order valence-corrected chi connectivity index (χ3v) is 4.58. The van der Waals surface area contributed by atoms with Gasteiger partial charge in [0, 0.05) is 12.3 Å². The van der Waals surface area contributed by atoms with E-state index in [2.05, 4.69) is 19.1 Å². The molecule has 140 valence electrons. The van der Waals surface area contributed by atoms with Crippen LogP contribution in [0.4, 0.5) is 0 Å². The zero-order valence-corrected chi connectivity index (χ0v) is 15.9. The Balaban J connectivity index is 3.64. The lowest BCUT2D eigenvalue weighted by Crippen LogP contribution is -2.10. The smallest absolute Gasteiger partial charge is 0.303 e. The topological polar surface area (TPSA) is 54.4 Å². The van der Waals surface area contributed by atoms with E-state index in [0.29, 0.717) is 5.78 Å². The largest absolute Gasteiger partial charge is 0.481 e. The van der Waals surface area contributed by atoms with Gasteiger partial charge in [-0.1, -0.05) is 57.6 Å². The van der Waals surface area contributed by atoms with Crippen LogP contribution in [0, 0.1) is 5.92 Å². The van der Waals surface area contributed by atoms with Crippen LogP contribution in [0.1, 0.15) is 104 Å². The number of aliphatic carboxylic acids is 1. The maximum atomic E-state index is 11.7. The minimum atomic E-state index is -0.713. The summed E-state index contributed by atoms with van der Waals surface area (Å²) in [5.74, 6) is -0.207. The van der Waals surface area contributed by atoms with Crippen LogP contribution in [0.2, 0.25) is 0 Å². The molecule has 0 aromatic rings. The van der Waals surface area contributed by atoms with Crippen molar-refractivity contribution in [2.24, 2.45) is 5.92 Å². The summed E-state index contributed by atoms with van der Waals surface area (Å²) in [7, 11) is 0. The molecule has 0 saturated heterocycles. The van der Waals surface area contributed by atoms with Crippen LogP contribution in [0.5, 0.6) is 0 Å². The predicted molar refractivity (Wildman–Crippen MR) is 101 cm³/mol. The Kier molecular flexibility index (Phi) is 15.9. The Hall–Kier alpha value is -1.12. The van der Waals surface area contributed by atoms with Gasteiger partial charge in [-0.15, -0.1) is 0 Å². The molecule has 0 spiro atoms. The molecule has 0 bridgehead atoms. The van der Waals surface area contributed by atoms with E-state index < -0.39 is 5.97 Å². The van der Waals surface area contributed by atoms with Crippen molar-refractivity contribution < 1.29 is 14.7 Å². The first kappa shape index (κ1) is 22.9. The standard InChI is InChI=1S/C21H38O3/c1-3-4-5-6-7-8-9-10-13-16-20(19(2)22)17-14-11-12-15-18-21(23)24/h8-9,20H,3-7,10-18H2,1-2H3,(H,23,24)/b9-8-. The van der Waals surface area contributed by atoms with Gasteiger partial charge >= 0.3 is 5.97 Å². The highest BCUT2D eigenvalue weighted by molar-refractivity contribution is 5.78. The summed E-state index contributed by atoms with van der Waals surface area (Å²) in [5.41, 5.74) is 0. The molecular weight excluding hydrogens is 300 g/mol. The molecule has 0 rings (SSSR count). The first-order chi connectivity index (χ1) is 11.6. The fourth-order valence-corrected chi connectivity index (χ4v) is 2.98. The van der Waals surface area contributed by atoms with E-state index in [4.69, 9.17) is 5.11 Å². The van der Waals surface area contributed by atoms with E-state index in [9.17, 15) is 9.59 Å². The van der Waals surface area contributed by atoms with Crippen molar-refractivity contribution in [2.75, 3.05) is 0 Å². The minimum Gasteiger partial charge on any atom is -0.481 e. The fraction of sp³-hybridized carbons (Fsp3) is 0.810. The van der Waals surface area contributed by atoms with Gasteiger partial charge < -0.3 is 5.11 Å². The number of carboxylic acid groups (broad SMARTS) is 1. The van der Waals surface area contributed by atoms with Gasteiger partial charge in [-0.2, -0.15) is 0 Å². The lowest BCUT2D eigenvalue weighted by atomic mass is 9.92. The maximum Gasteiger partial charge on any atom is 0.303 e. The summed E-state index contributed by atoms with van der Waals surface area (Å²) >= 11 is 0. The number of carboxylic acids is 1. The third-order valence-electron chi connectivity index (χ3n) is 4.58. The lowest BCUT2D eigenvalue weighted by Gasteiger charge is -2.12. The van der Waals surface area contributed by atoms with E-state index in [-0.39, 0.29) is 12.3 Å². The van der Waals surface area contributed by atoms with Crippen molar-refractivity contribution in [2.45, 2.75) is 104 Å². The maximum absolute atomic E-state index is 11.7. The van der Waals surface area contributed by atoms with Crippen LogP contribution >= 0.6 is 0 Å². The Labute approximate surface area is 148 Å². The van der Waals surface area contributed by atoms with Crippen molar-refractivity contribution in [3.05, 3.63) is 12.2 Å². The molecule has 24 heavy (non-hydrogen) atoms. The Morgan fingerprint density at radius 1 is 0.833 bits per heavy atom. The van der Waals surface area contributed by atoms with Crippen molar-refractivity contribution in [3.8, 4) is 0 Å². The number of unbranched alkanes of at least 4 members (excludes halogenated alkanes) is 8. The summed E-state index contributed by atoms with van der Waals surface area (Å²) in [6, 6.07) is 0. The molecule has 1 unspecified atom stereocenters. The van der Waals surface area contributed by atoms with E-state index in [1.165, 1.54) is 32.1 Å². The van der Waals surface area contributed by atoms with E-state index >= 15 is 0 Å². The van der Waals surface area contributed by atoms with Crippen LogP contribution in [-0.2, 0) is 9.59 Å². The van der Waals surface area contributed by atoms with E-state index in [1.807, 2.05) is 0 Å². The molecule has 1 N–H and O–H groups in total. The Morgan fingerprint density at radius 2 is 1.42 bits per heavy atom. The van der Waals surface area contributed by atoms with Gasteiger partial charge in [-0.05, 0) is 51.9 Å². The number of carbonyl (C=O) groups excluding carboxylic acids is 1. The predicted octanol–water partition coefficient (Wildman–Crippen LogP) is 6.31. The van der Waals surface area contributed by atoms with Gasteiger partial charge in [-0.3, -0.25) is 9.59 Å². The monoisotopic (exact) mass is 338 g/mol. The number of Topliss-reactive ketones (excluding diaryl/α,β-unsaturated/α-hetero) is 1. The average Bonchev–Trinajstić information content (AvgIpc) is 2.53. The van der Waals surface area contributed by atoms with Gasteiger partial charge in [0.15, 0.2) is 0 Å². The molecule has 0 aliphatic heterocycles. The molecule has 3 nitrogen and oxygen atoms in total. The second kappa shape index (κ2) is 16.7. The highest BCUT2D eigenvalue weighted by Gasteiger charge is 2.12. The molecule has 3 heteroatoms. The third kappa shape index (κ3) is 15.8. The molecule has 0 aromatic heterocycles. The lowest BCUT2D eigenvalue weighted by molar-refractivity contribution is -0.137. The van der Waals surface area contributed by atoms with Gasteiger partial charge in [-0.25, -0.2) is 0 Å². The van der Waals surface area contributed by atoms with E-state index in [1.54, 1.807) is 6.92 Å². The summed E-state index contributed by atoms with van der Waals surface area (Å²) in [6.45, 7) is 3.94. The molecular formula is C21H38O3. The van der Waals surface area contributed by atoms with Gasteiger partial charge in [0.05, 0.1) is 0 Å². The fourth-order valence-electron chi connectivity index (χ4n) is 2.98. The highest BCUT2D eigenvalue weighted by Crippen LogP contribution is 2.19. The number of allylic oxidation sites excluding steroid dienone is 2. The van der Waals surface area contributed by atoms with Crippen LogP contribution in [-0.4, -0.2) is 16.9 Å². The van der Waals surface area contributed by atoms with E-state index in [0.717, 1.165) is 51.4 Å². The molecule has 0 heterocycles. The molecule has 0 saturated carbocycles. The van der Waals surface area contributed by atoms with Crippen molar-refractivity contribution in [1.29, 1.82) is 0 Å². The Morgan fingerprint density at radius 3 is 2.04 bits per heavy atom. The van der Waals surface area contributed by atoms with Gasteiger partial charge in [0.2, 0.25) is 0 Å². The minimum absolute atomic E-state index is 0.197. The second-order valence-electron chi connectivity index (χ2n) is 6.91. The van der Waals surface area contributed by atoms with Crippen molar-refractivity contribution in [3.63, 3.8) is 0 Å². The summed E-state index contributed by atoms with van der Waals surface area (Å²) < 4.78 is 0. The molecule has 0 aliphatic rings. The van der Waals surface area contributed by atoms with Crippen LogP contribution in [0.3, 0.4) is 0 Å². The number of ketones is 1. The Bertz CT molecular complexity index is 347. The zero-order chi connectivity index (χ0) is 18.0. The second-order valence-corrected chi connectivity index (χ2v) is 6.91. The molecule has 0 aromatic carbocycles. The first-order valence-electron chi connectivity index (χ1n) is 9.95. The SMILES string of the molecule is CCCCCC/C=C\CCCC(CCCCCCC(=O)O)C(C)=O. The van der Waals surface area contributed by atoms with Crippen LogP contribution < -0.4 is 0 Å². The average molecular weight is 339 g/mol. The molecule has 0 fully saturated rings. The first-order valence-corrected chi connectivity index (χ1v) is 9.95. The molecule has 0 radical (unpaired) electrons. The van der Waals surface area contributed by atoms with Gasteiger partial charge in [0.1, 0.15) is 5.78 Å². The zero-order valence-electron chi connectivity index (χ0n) is 15.9. The summed E-state index contributed by atoms with van der Waals surface area (Å²) in [4.78, 5) is 22.2. The summed E-state index contributed by atoms with van der Waals surface area (Å²) in [5, 5.41) is 8.59. The number of rotatable bonds is 17. The van der Waals surface area contributed by atoms with Crippen LogP contribution in [0.15, 0.2) is 12.2 Å². The number of hydrogen-bond donors (Lipinski definition) is 1. The molecule has 0 aliphatic carbocycles. The quantitative estimate of drug-likeness (QED) is 0.249. The summed E-state index contributed by atoms with van der Waals surface area (Å²) in [6.07, 6.45) is 19.2. The molecule has 0 amide bonds. The number of hydrogen-bond acceptors (Lipinski definition) is 2. The van der Waals surface area contributed by atoms with Crippen molar-refractivity contribution in [1.82, 2.24) is 0 Å². The van der Waals surface area contributed by atoms with Gasteiger partial charge in [0.25, 0.3) is 0 Å². The highest BCUT2D eigenvalue weighted by atomic mass is 16.4. The molecule has 1 atom stereocenters. The normalized spacial score (nSPS) is 12.6.